The Labute approximate surface area is 185 Å². The molecule has 0 bridgehead atoms. The van der Waals surface area contributed by atoms with Crippen molar-refractivity contribution in [1.29, 1.82) is 0 Å². The highest BCUT2D eigenvalue weighted by molar-refractivity contribution is 6.30. The Hall–Kier alpha value is -3.26. The highest BCUT2D eigenvalue weighted by Crippen LogP contribution is 2.29. The van der Waals surface area contributed by atoms with E-state index in [0.717, 1.165) is 24.5 Å². The van der Waals surface area contributed by atoms with Gasteiger partial charge in [0.2, 0.25) is 11.8 Å². The summed E-state index contributed by atoms with van der Waals surface area (Å²) in [6.45, 7) is 2.84. The van der Waals surface area contributed by atoms with E-state index < -0.39 is 0 Å². The van der Waals surface area contributed by atoms with Gasteiger partial charge in [0.05, 0.1) is 24.5 Å². The molecule has 0 radical (unpaired) electrons. The van der Waals surface area contributed by atoms with Crippen molar-refractivity contribution in [2.45, 2.75) is 0 Å². The highest BCUT2D eigenvalue weighted by atomic mass is 35.5. The molecule has 2 N–H and O–H groups in total. The Kier molecular flexibility index (Phi) is 5.99. The largest absolute Gasteiger partial charge is 0.368 e. The summed E-state index contributed by atoms with van der Waals surface area (Å²) in [5, 5.41) is 6.16. The third-order valence-electron chi connectivity index (χ3n) is 5.55. The summed E-state index contributed by atoms with van der Waals surface area (Å²) in [6, 6.07) is 12.8. The summed E-state index contributed by atoms with van der Waals surface area (Å²) >= 11 is 5.94. The molecule has 0 aromatic heterocycles. The molecule has 4 rings (SSSR count). The van der Waals surface area contributed by atoms with E-state index >= 15 is 0 Å². The quantitative estimate of drug-likeness (QED) is 0.755. The van der Waals surface area contributed by atoms with Crippen molar-refractivity contribution >= 4 is 46.4 Å². The Balaban J connectivity index is 1.29. The first kappa shape index (κ1) is 21.0. The van der Waals surface area contributed by atoms with E-state index in [-0.39, 0.29) is 30.8 Å². The zero-order valence-electron chi connectivity index (χ0n) is 17.2. The lowest BCUT2D eigenvalue weighted by atomic mass is 10.1. The van der Waals surface area contributed by atoms with Crippen molar-refractivity contribution < 1.29 is 14.4 Å². The van der Waals surface area contributed by atoms with E-state index in [1.165, 1.54) is 0 Å². The van der Waals surface area contributed by atoms with Crippen molar-refractivity contribution in [3.63, 3.8) is 0 Å². The molecule has 2 aliphatic rings. The molecule has 162 valence electrons. The number of rotatable bonds is 4. The number of carbonyl (C=O) groups is 3. The minimum atomic E-state index is -0.349. The first-order chi connectivity index (χ1) is 14.9. The van der Waals surface area contributed by atoms with Gasteiger partial charge in [-0.15, -0.1) is 0 Å². The zero-order chi connectivity index (χ0) is 22.0. The second-order valence-electron chi connectivity index (χ2n) is 7.66. The molecule has 1 saturated heterocycles. The van der Waals surface area contributed by atoms with Gasteiger partial charge in [0.25, 0.3) is 5.91 Å². The molecule has 3 amide bonds. The summed E-state index contributed by atoms with van der Waals surface area (Å²) in [5.41, 5.74) is 2.92. The molecule has 0 atom stereocenters. The Morgan fingerprint density at radius 1 is 1.06 bits per heavy atom. The third kappa shape index (κ3) is 4.74. The van der Waals surface area contributed by atoms with Gasteiger partial charge in [-0.05, 0) is 42.5 Å². The lowest BCUT2D eigenvalue weighted by molar-refractivity contribution is -0.130. The van der Waals surface area contributed by atoms with Crippen LogP contribution in [-0.4, -0.2) is 68.9 Å². The number of hydrogen-bond acceptors (Lipinski definition) is 5. The molecule has 9 heteroatoms. The predicted octanol–water partition coefficient (Wildman–Crippen LogP) is 1.81. The van der Waals surface area contributed by atoms with Crippen molar-refractivity contribution in [3.8, 4) is 0 Å². The monoisotopic (exact) mass is 441 g/mol. The van der Waals surface area contributed by atoms with Gasteiger partial charge in [-0.25, -0.2) is 0 Å². The first-order valence-electron chi connectivity index (χ1n) is 10.1. The molecule has 0 unspecified atom stereocenters. The highest BCUT2D eigenvalue weighted by Gasteiger charge is 2.23. The van der Waals surface area contributed by atoms with Crippen molar-refractivity contribution in [2.75, 3.05) is 61.4 Å². The van der Waals surface area contributed by atoms with Crippen molar-refractivity contribution in [1.82, 2.24) is 10.2 Å². The van der Waals surface area contributed by atoms with E-state index in [4.69, 9.17) is 11.6 Å². The number of nitrogens with one attached hydrogen (secondary N) is 2. The van der Waals surface area contributed by atoms with Crippen LogP contribution < -0.4 is 20.4 Å². The molecule has 1 fully saturated rings. The lowest BCUT2D eigenvalue weighted by Crippen LogP contribution is -2.51. The lowest BCUT2D eigenvalue weighted by Gasteiger charge is -2.36. The minimum absolute atomic E-state index is 0.0663. The van der Waals surface area contributed by atoms with Gasteiger partial charge in [0.15, 0.2) is 0 Å². The molecular formula is C22H24ClN5O3. The number of likely N-dealkylation sites (N-methyl/N-ethyl adjacent to an activating group) is 1. The third-order valence-corrected chi connectivity index (χ3v) is 5.80. The van der Waals surface area contributed by atoms with Gasteiger partial charge >= 0.3 is 0 Å². The summed E-state index contributed by atoms with van der Waals surface area (Å²) in [5.74, 6) is -0.589. The standard InChI is InChI=1S/C22H24ClN5O3/c1-26-14-20(29)25-18-12-15(2-7-19(18)26)22(31)24-13-21(30)28-10-8-27(9-11-28)17-5-3-16(23)4-6-17/h2-7,12H,8-11,13-14H2,1H3,(H,24,31)(H,25,29). The van der Waals surface area contributed by atoms with Crippen LogP contribution in [0.25, 0.3) is 0 Å². The van der Waals surface area contributed by atoms with Gasteiger partial charge < -0.3 is 25.3 Å². The van der Waals surface area contributed by atoms with Crippen LogP contribution in [0.4, 0.5) is 17.1 Å². The number of piperazine rings is 1. The maximum Gasteiger partial charge on any atom is 0.251 e. The minimum Gasteiger partial charge on any atom is -0.368 e. The van der Waals surface area contributed by atoms with Crippen LogP contribution in [0.5, 0.6) is 0 Å². The second-order valence-corrected chi connectivity index (χ2v) is 8.10. The van der Waals surface area contributed by atoms with Gasteiger partial charge in [-0.2, -0.15) is 0 Å². The molecule has 0 saturated carbocycles. The fourth-order valence-corrected chi connectivity index (χ4v) is 3.96. The SMILES string of the molecule is CN1CC(=O)Nc2cc(C(=O)NCC(=O)N3CCN(c4ccc(Cl)cc4)CC3)ccc21. The summed E-state index contributed by atoms with van der Waals surface area (Å²) in [7, 11) is 1.82. The van der Waals surface area contributed by atoms with E-state index in [2.05, 4.69) is 15.5 Å². The normalized spacial score (nSPS) is 15.9. The molecule has 0 spiro atoms. The topological polar surface area (TPSA) is 85.0 Å². The fourth-order valence-electron chi connectivity index (χ4n) is 3.84. The van der Waals surface area contributed by atoms with Crippen LogP contribution in [0.2, 0.25) is 5.02 Å². The van der Waals surface area contributed by atoms with E-state index in [0.29, 0.717) is 29.4 Å². The van der Waals surface area contributed by atoms with Gasteiger partial charge in [-0.3, -0.25) is 14.4 Å². The second kappa shape index (κ2) is 8.85. The van der Waals surface area contributed by atoms with Crippen LogP contribution in [0, 0.1) is 0 Å². The average Bonchev–Trinajstić information content (AvgIpc) is 2.77. The van der Waals surface area contributed by atoms with Gasteiger partial charge in [0.1, 0.15) is 0 Å². The number of nitrogens with zero attached hydrogens (tertiary/aromatic N) is 3. The molecule has 31 heavy (non-hydrogen) atoms. The molecule has 0 aliphatic carbocycles. The molecule has 2 aliphatic heterocycles. The number of hydrogen-bond donors (Lipinski definition) is 2. The fraction of sp³-hybridized carbons (Fsp3) is 0.318. The van der Waals surface area contributed by atoms with E-state index in [1.807, 2.05) is 36.2 Å². The average molecular weight is 442 g/mol. The number of amides is 3. The Morgan fingerprint density at radius 3 is 2.48 bits per heavy atom. The molecule has 2 aromatic rings. The number of carbonyl (C=O) groups excluding carboxylic acids is 3. The first-order valence-corrected chi connectivity index (χ1v) is 10.5. The number of halogens is 1. The number of anilines is 3. The maximum atomic E-state index is 12.6. The summed E-state index contributed by atoms with van der Waals surface area (Å²) in [4.78, 5) is 42.6. The summed E-state index contributed by atoms with van der Waals surface area (Å²) in [6.07, 6.45) is 0. The predicted molar refractivity (Wildman–Crippen MR) is 121 cm³/mol. The number of benzene rings is 2. The molecule has 2 heterocycles. The zero-order valence-corrected chi connectivity index (χ0v) is 18.0. The van der Waals surface area contributed by atoms with Gasteiger partial charge in [-0.1, -0.05) is 11.6 Å². The summed E-state index contributed by atoms with van der Waals surface area (Å²) < 4.78 is 0. The van der Waals surface area contributed by atoms with Crippen LogP contribution in [0.1, 0.15) is 10.4 Å². The van der Waals surface area contributed by atoms with Crippen LogP contribution in [0.3, 0.4) is 0 Å². The van der Waals surface area contributed by atoms with Crippen molar-refractivity contribution in [3.05, 3.63) is 53.1 Å². The number of fused-ring (bicyclic) bond motifs is 1. The van der Waals surface area contributed by atoms with Gasteiger partial charge in [0, 0.05) is 49.5 Å². The van der Waals surface area contributed by atoms with Crippen LogP contribution in [0.15, 0.2) is 42.5 Å². The molecular weight excluding hydrogens is 418 g/mol. The van der Waals surface area contributed by atoms with E-state index in [9.17, 15) is 14.4 Å². The molecule has 8 nitrogen and oxygen atoms in total. The Bertz CT molecular complexity index is 1000. The maximum absolute atomic E-state index is 12.6. The van der Waals surface area contributed by atoms with E-state index in [1.54, 1.807) is 23.1 Å². The molecule has 2 aromatic carbocycles. The van der Waals surface area contributed by atoms with Crippen LogP contribution in [-0.2, 0) is 9.59 Å². The Morgan fingerprint density at radius 2 is 1.77 bits per heavy atom. The van der Waals surface area contributed by atoms with Crippen molar-refractivity contribution in [2.24, 2.45) is 0 Å². The smallest absolute Gasteiger partial charge is 0.251 e. The van der Waals surface area contributed by atoms with Crippen LogP contribution >= 0.6 is 11.6 Å².